The van der Waals surface area contributed by atoms with Crippen LogP contribution in [0.25, 0.3) is 0 Å². The van der Waals surface area contributed by atoms with Crippen LogP contribution in [0.15, 0.2) is 23.1 Å². The standard InChI is InChI=1S/C17H27N3O5S/c1-13(17(21)18(2)3)19-8-10-20(11-9-19)26(22,23)14-6-7-15(24-4)16(12-14)25-5/h6-7,12-13H,8-11H2,1-5H3/p+1/t13-/m0/s1. The molecule has 2 rings (SSSR count). The highest BCUT2D eigenvalue weighted by molar-refractivity contribution is 7.89. The first-order valence-corrected chi connectivity index (χ1v) is 9.94. The molecule has 0 saturated carbocycles. The van der Waals surface area contributed by atoms with Crippen LogP contribution in [0.2, 0.25) is 0 Å². The van der Waals surface area contributed by atoms with E-state index in [2.05, 4.69) is 0 Å². The van der Waals surface area contributed by atoms with E-state index >= 15 is 0 Å². The number of sulfonamides is 1. The summed E-state index contributed by atoms with van der Waals surface area (Å²) in [4.78, 5) is 15.0. The van der Waals surface area contributed by atoms with Gasteiger partial charge in [-0.1, -0.05) is 0 Å². The highest BCUT2D eigenvalue weighted by Gasteiger charge is 2.35. The van der Waals surface area contributed by atoms with Crippen molar-refractivity contribution >= 4 is 15.9 Å². The largest absolute Gasteiger partial charge is 0.493 e. The van der Waals surface area contributed by atoms with Crippen LogP contribution in [0.3, 0.4) is 0 Å². The molecule has 1 atom stereocenters. The first-order chi connectivity index (χ1) is 12.2. The topological polar surface area (TPSA) is 80.6 Å². The number of likely N-dealkylation sites (N-methyl/N-ethyl adjacent to an activating group) is 1. The number of amides is 1. The molecule has 8 nitrogen and oxygen atoms in total. The third-order valence-electron chi connectivity index (χ3n) is 4.78. The third kappa shape index (κ3) is 4.11. The maximum Gasteiger partial charge on any atom is 0.280 e. The lowest BCUT2D eigenvalue weighted by Gasteiger charge is -2.34. The number of ether oxygens (including phenoxy) is 2. The maximum atomic E-state index is 12.9. The van der Waals surface area contributed by atoms with Crippen LogP contribution < -0.4 is 14.4 Å². The fourth-order valence-corrected chi connectivity index (χ4v) is 4.59. The molecule has 0 aromatic heterocycles. The summed E-state index contributed by atoms with van der Waals surface area (Å²) in [6.45, 7) is 3.81. The number of carbonyl (C=O) groups excluding carboxylic acids is 1. The number of rotatable bonds is 6. The van der Waals surface area contributed by atoms with E-state index in [1.54, 1.807) is 25.1 Å². The van der Waals surface area contributed by atoms with Gasteiger partial charge in [0.05, 0.1) is 45.3 Å². The molecule has 0 aliphatic carbocycles. The van der Waals surface area contributed by atoms with Gasteiger partial charge < -0.3 is 19.3 Å². The van der Waals surface area contributed by atoms with Crippen molar-refractivity contribution in [2.24, 2.45) is 0 Å². The Kier molecular flexibility index (Phi) is 6.48. The van der Waals surface area contributed by atoms with Gasteiger partial charge >= 0.3 is 0 Å². The normalized spacial score (nSPS) is 17.6. The van der Waals surface area contributed by atoms with Crippen LogP contribution in [0.1, 0.15) is 6.92 Å². The molecular formula is C17H28N3O5S+. The van der Waals surface area contributed by atoms with Crippen molar-refractivity contribution in [3.05, 3.63) is 18.2 Å². The van der Waals surface area contributed by atoms with Crippen LogP contribution >= 0.6 is 0 Å². The van der Waals surface area contributed by atoms with E-state index in [0.29, 0.717) is 37.7 Å². The Bertz CT molecular complexity index is 743. The molecule has 26 heavy (non-hydrogen) atoms. The fraction of sp³-hybridized carbons (Fsp3) is 0.588. The monoisotopic (exact) mass is 386 g/mol. The van der Waals surface area contributed by atoms with Crippen molar-refractivity contribution < 1.29 is 27.6 Å². The minimum absolute atomic E-state index is 0.0520. The predicted octanol–water partition coefficient (Wildman–Crippen LogP) is -0.930. The van der Waals surface area contributed by atoms with Crippen LogP contribution in [0.4, 0.5) is 0 Å². The number of hydrogen-bond acceptors (Lipinski definition) is 5. The Morgan fingerprint density at radius 3 is 2.23 bits per heavy atom. The molecule has 0 spiro atoms. The molecule has 1 N–H and O–H groups in total. The second-order valence-corrected chi connectivity index (χ2v) is 8.47. The van der Waals surface area contributed by atoms with E-state index < -0.39 is 10.0 Å². The molecule has 0 bridgehead atoms. The summed E-state index contributed by atoms with van der Waals surface area (Å²) in [5.41, 5.74) is 0. The molecule has 1 fully saturated rings. The number of benzene rings is 1. The Labute approximate surface area is 155 Å². The minimum Gasteiger partial charge on any atom is -0.493 e. The van der Waals surface area contributed by atoms with Gasteiger partial charge in [0.25, 0.3) is 5.91 Å². The molecular weight excluding hydrogens is 358 g/mol. The predicted molar refractivity (Wildman–Crippen MR) is 97.2 cm³/mol. The first-order valence-electron chi connectivity index (χ1n) is 8.50. The second kappa shape index (κ2) is 8.24. The summed E-state index contributed by atoms with van der Waals surface area (Å²) in [6.07, 6.45) is 0. The molecule has 0 unspecified atom stereocenters. The molecule has 1 aromatic carbocycles. The van der Waals surface area contributed by atoms with Gasteiger partial charge in [-0.15, -0.1) is 0 Å². The van der Waals surface area contributed by atoms with Crippen molar-refractivity contribution in [2.75, 3.05) is 54.5 Å². The SMILES string of the molecule is COc1ccc(S(=O)(=O)N2CC[NH+]([C@@H](C)C(=O)N(C)C)CC2)cc1OC. The fourth-order valence-electron chi connectivity index (χ4n) is 3.13. The average molecular weight is 386 g/mol. The van der Waals surface area contributed by atoms with Crippen molar-refractivity contribution in [1.82, 2.24) is 9.21 Å². The van der Waals surface area contributed by atoms with E-state index in [4.69, 9.17) is 9.47 Å². The summed E-state index contributed by atoms with van der Waals surface area (Å²) in [5, 5.41) is 0. The number of nitrogens with one attached hydrogen (secondary N) is 1. The highest BCUT2D eigenvalue weighted by atomic mass is 32.2. The summed E-state index contributed by atoms with van der Waals surface area (Å²) < 4.78 is 37.7. The molecule has 1 amide bonds. The van der Waals surface area contributed by atoms with Crippen molar-refractivity contribution in [1.29, 1.82) is 0 Å². The van der Waals surface area contributed by atoms with Gasteiger partial charge in [-0.2, -0.15) is 4.31 Å². The van der Waals surface area contributed by atoms with E-state index in [1.165, 1.54) is 30.7 Å². The number of hydrogen-bond donors (Lipinski definition) is 1. The lowest BCUT2D eigenvalue weighted by Crippen LogP contribution is -3.19. The van der Waals surface area contributed by atoms with Gasteiger partial charge in [0, 0.05) is 20.2 Å². The molecule has 146 valence electrons. The smallest absolute Gasteiger partial charge is 0.280 e. The summed E-state index contributed by atoms with van der Waals surface area (Å²) >= 11 is 0. The Morgan fingerprint density at radius 2 is 1.73 bits per heavy atom. The molecule has 9 heteroatoms. The molecule has 0 radical (unpaired) electrons. The van der Waals surface area contributed by atoms with Crippen LogP contribution in [-0.2, 0) is 14.8 Å². The zero-order chi connectivity index (χ0) is 19.5. The van der Waals surface area contributed by atoms with E-state index in [9.17, 15) is 13.2 Å². The number of piperazine rings is 1. The van der Waals surface area contributed by atoms with Gasteiger partial charge in [0.15, 0.2) is 17.5 Å². The Hall–Kier alpha value is -1.84. The van der Waals surface area contributed by atoms with Crippen molar-refractivity contribution in [2.45, 2.75) is 17.9 Å². The minimum atomic E-state index is -3.62. The lowest BCUT2D eigenvalue weighted by atomic mass is 10.2. The van der Waals surface area contributed by atoms with Crippen LogP contribution in [0.5, 0.6) is 11.5 Å². The Morgan fingerprint density at radius 1 is 1.15 bits per heavy atom. The van der Waals surface area contributed by atoms with Gasteiger partial charge in [-0.3, -0.25) is 4.79 Å². The second-order valence-electron chi connectivity index (χ2n) is 6.53. The summed E-state index contributed by atoms with van der Waals surface area (Å²) in [7, 11) is 2.82. The quantitative estimate of drug-likeness (QED) is 0.683. The van der Waals surface area contributed by atoms with Gasteiger partial charge in [0.1, 0.15) is 0 Å². The lowest BCUT2D eigenvalue weighted by molar-refractivity contribution is -0.917. The molecule has 1 heterocycles. The van der Waals surface area contributed by atoms with E-state index in [1.807, 2.05) is 6.92 Å². The maximum absolute atomic E-state index is 12.9. The van der Waals surface area contributed by atoms with Gasteiger partial charge in [0.2, 0.25) is 10.0 Å². The zero-order valence-electron chi connectivity index (χ0n) is 16.0. The first kappa shape index (κ1) is 20.5. The van der Waals surface area contributed by atoms with Gasteiger partial charge in [-0.05, 0) is 19.1 Å². The Balaban J connectivity index is 2.12. The van der Waals surface area contributed by atoms with Crippen molar-refractivity contribution in [3.63, 3.8) is 0 Å². The average Bonchev–Trinajstić information content (AvgIpc) is 2.66. The molecule has 1 aromatic rings. The number of carbonyl (C=O) groups is 1. The van der Waals surface area contributed by atoms with Crippen LogP contribution in [-0.4, -0.2) is 84.1 Å². The van der Waals surface area contributed by atoms with Gasteiger partial charge in [-0.25, -0.2) is 8.42 Å². The summed E-state index contributed by atoms with van der Waals surface area (Å²) in [5.74, 6) is 0.913. The number of quaternary nitrogens is 1. The molecule has 1 saturated heterocycles. The number of nitrogens with zero attached hydrogens (tertiary/aromatic N) is 2. The summed E-state index contributed by atoms with van der Waals surface area (Å²) in [6, 6.07) is 4.40. The van der Waals surface area contributed by atoms with E-state index in [0.717, 1.165) is 4.90 Å². The number of methoxy groups -OCH3 is 2. The zero-order valence-corrected chi connectivity index (χ0v) is 16.8. The third-order valence-corrected chi connectivity index (χ3v) is 6.68. The molecule has 1 aliphatic heterocycles. The molecule has 1 aliphatic rings. The van der Waals surface area contributed by atoms with E-state index in [-0.39, 0.29) is 16.8 Å². The van der Waals surface area contributed by atoms with Crippen LogP contribution in [0, 0.1) is 0 Å². The highest BCUT2D eigenvalue weighted by Crippen LogP contribution is 2.30. The van der Waals surface area contributed by atoms with Crippen molar-refractivity contribution in [3.8, 4) is 11.5 Å².